The minimum absolute atomic E-state index is 0.127. The fourth-order valence-electron chi connectivity index (χ4n) is 3.55. The maximum Gasteiger partial charge on any atom is 0.271 e. The van der Waals surface area contributed by atoms with Crippen LogP contribution in [0.2, 0.25) is 0 Å². The van der Waals surface area contributed by atoms with E-state index in [4.69, 9.17) is 0 Å². The van der Waals surface area contributed by atoms with Crippen LogP contribution in [0.5, 0.6) is 0 Å². The van der Waals surface area contributed by atoms with Gasteiger partial charge in [0.1, 0.15) is 11.2 Å². The molecule has 1 fully saturated rings. The molecule has 1 saturated heterocycles. The van der Waals surface area contributed by atoms with Gasteiger partial charge in [0, 0.05) is 26.1 Å². The number of carbonyl (C=O) groups is 2. The molecule has 1 aliphatic rings. The molecule has 3 rings (SSSR count). The lowest BCUT2D eigenvalue weighted by atomic mass is 9.86. The second-order valence-electron chi connectivity index (χ2n) is 7.18. The smallest absolute Gasteiger partial charge is 0.271 e. The van der Waals surface area contributed by atoms with Gasteiger partial charge in [-0.05, 0) is 30.7 Å². The molecule has 1 heterocycles. The van der Waals surface area contributed by atoms with Crippen molar-refractivity contribution in [2.45, 2.75) is 18.9 Å². The van der Waals surface area contributed by atoms with Crippen LogP contribution in [0.4, 0.5) is 0 Å². The van der Waals surface area contributed by atoms with Crippen molar-refractivity contribution in [3.63, 3.8) is 0 Å². The molecule has 144 valence electrons. The lowest BCUT2D eigenvalue weighted by molar-refractivity contribution is -0.155. The summed E-state index contributed by atoms with van der Waals surface area (Å²) in [6.45, 7) is 1.75. The molecular formula is C23H20N4O2. The fraction of sp³-hybridized carbons (Fsp3) is 0.217. The van der Waals surface area contributed by atoms with Crippen LogP contribution in [0.3, 0.4) is 0 Å². The van der Waals surface area contributed by atoms with Crippen molar-refractivity contribution in [1.29, 1.82) is 10.5 Å². The van der Waals surface area contributed by atoms with Crippen LogP contribution >= 0.6 is 0 Å². The summed E-state index contributed by atoms with van der Waals surface area (Å²) in [6.07, 6.45) is 1.83. The van der Waals surface area contributed by atoms with Gasteiger partial charge in [0.25, 0.3) is 11.8 Å². The van der Waals surface area contributed by atoms with E-state index in [9.17, 15) is 20.1 Å². The van der Waals surface area contributed by atoms with Gasteiger partial charge < -0.3 is 9.80 Å². The summed E-state index contributed by atoms with van der Waals surface area (Å²) in [6, 6.07) is 18.4. The predicted octanol–water partition coefficient (Wildman–Crippen LogP) is 2.70. The van der Waals surface area contributed by atoms with Gasteiger partial charge in [-0.2, -0.15) is 10.5 Å². The Morgan fingerprint density at radius 3 is 2.10 bits per heavy atom. The molecule has 0 aromatic heterocycles. The first kappa shape index (κ1) is 19.9. The number of carbonyl (C=O) groups excluding carboxylic acids is 2. The van der Waals surface area contributed by atoms with Crippen LogP contribution in [0, 0.1) is 22.7 Å². The van der Waals surface area contributed by atoms with Gasteiger partial charge in [0.05, 0.1) is 23.3 Å². The number of likely N-dealkylation sites (N-methyl/N-ethyl adjacent to an activating group) is 2. The average molecular weight is 384 g/mol. The van der Waals surface area contributed by atoms with Crippen molar-refractivity contribution in [3.8, 4) is 12.1 Å². The molecule has 6 heteroatoms. The zero-order valence-corrected chi connectivity index (χ0v) is 16.5. The molecule has 1 unspecified atom stereocenters. The summed E-state index contributed by atoms with van der Waals surface area (Å²) in [5.41, 5.74) is 0.904. The first-order valence-corrected chi connectivity index (χ1v) is 9.08. The third-order valence-corrected chi connectivity index (χ3v) is 5.41. The SMILES string of the molecule is CN1C(=O)C(C)(Cc2ccccc2)N(C)C(=O)C1=Cc1c(C#N)cccc1C#N. The molecule has 0 aliphatic carbocycles. The monoisotopic (exact) mass is 384 g/mol. The molecule has 0 spiro atoms. The normalized spacial score (nSPS) is 20.5. The quantitative estimate of drug-likeness (QED) is 0.761. The van der Waals surface area contributed by atoms with Gasteiger partial charge >= 0.3 is 0 Å². The molecule has 2 aromatic rings. The van der Waals surface area contributed by atoms with Crippen LogP contribution in [0.15, 0.2) is 54.2 Å². The number of rotatable bonds is 3. The Morgan fingerprint density at radius 1 is 0.966 bits per heavy atom. The van der Waals surface area contributed by atoms with E-state index >= 15 is 0 Å². The third kappa shape index (κ3) is 3.37. The molecular weight excluding hydrogens is 364 g/mol. The molecule has 6 nitrogen and oxygen atoms in total. The van der Waals surface area contributed by atoms with E-state index in [1.54, 1.807) is 39.2 Å². The van der Waals surface area contributed by atoms with Crippen molar-refractivity contribution in [1.82, 2.24) is 9.80 Å². The molecule has 2 aromatic carbocycles. The predicted molar refractivity (Wildman–Crippen MR) is 108 cm³/mol. The van der Waals surface area contributed by atoms with E-state index in [2.05, 4.69) is 0 Å². The summed E-state index contributed by atoms with van der Waals surface area (Å²) < 4.78 is 0. The lowest BCUT2D eigenvalue weighted by Gasteiger charge is -2.45. The van der Waals surface area contributed by atoms with E-state index in [1.165, 1.54) is 15.9 Å². The number of nitriles is 2. The molecule has 0 bridgehead atoms. The highest BCUT2D eigenvalue weighted by atomic mass is 16.2. The highest BCUT2D eigenvalue weighted by molar-refractivity contribution is 6.09. The Hall–Kier alpha value is -3.90. The van der Waals surface area contributed by atoms with Gasteiger partial charge in [-0.1, -0.05) is 36.4 Å². The maximum atomic E-state index is 13.3. The molecule has 0 radical (unpaired) electrons. The topological polar surface area (TPSA) is 88.2 Å². The van der Waals surface area contributed by atoms with Gasteiger partial charge in [0.2, 0.25) is 0 Å². The first-order valence-electron chi connectivity index (χ1n) is 9.08. The molecule has 2 amide bonds. The van der Waals surface area contributed by atoms with Crippen molar-refractivity contribution >= 4 is 17.9 Å². The van der Waals surface area contributed by atoms with Crippen LogP contribution in [0.1, 0.15) is 29.2 Å². The Labute approximate surface area is 169 Å². The standard InChI is InChI=1S/C23H20N4O2/c1-23(13-16-8-5-4-6-9-16)22(29)26(2)20(21(28)27(23)3)12-19-17(14-24)10-7-11-18(19)15-25/h4-12H,13H2,1-3H3. The minimum Gasteiger partial charge on any atom is -0.326 e. The summed E-state index contributed by atoms with van der Waals surface area (Å²) >= 11 is 0. The van der Waals surface area contributed by atoms with E-state index in [1.807, 2.05) is 42.5 Å². The van der Waals surface area contributed by atoms with Crippen molar-refractivity contribution in [2.75, 3.05) is 14.1 Å². The van der Waals surface area contributed by atoms with E-state index < -0.39 is 5.54 Å². The number of amides is 2. The van der Waals surface area contributed by atoms with E-state index in [-0.39, 0.29) is 28.6 Å². The van der Waals surface area contributed by atoms with Crippen molar-refractivity contribution < 1.29 is 9.59 Å². The van der Waals surface area contributed by atoms with Crippen molar-refractivity contribution in [3.05, 3.63) is 76.5 Å². The minimum atomic E-state index is -1.04. The van der Waals surface area contributed by atoms with Crippen LogP contribution in [-0.2, 0) is 16.0 Å². The molecule has 1 atom stereocenters. The third-order valence-electron chi connectivity index (χ3n) is 5.41. The average Bonchev–Trinajstić information content (AvgIpc) is 2.74. The Balaban J connectivity index is 2.06. The van der Waals surface area contributed by atoms with Crippen LogP contribution < -0.4 is 0 Å². The van der Waals surface area contributed by atoms with Gasteiger partial charge in [-0.3, -0.25) is 9.59 Å². The molecule has 1 aliphatic heterocycles. The van der Waals surface area contributed by atoms with Crippen molar-refractivity contribution in [2.24, 2.45) is 0 Å². The molecule has 0 N–H and O–H groups in total. The zero-order chi connectivity index (χ0) is 21.2. The zero-order valence-electron chi connectivity index (χ0n) is 16.5. The summed E-state index contributed by atoms with van der Waals surface area (Å²) in [7, 11) is 3.15. The largest absolute Gasteiger partial charge is 0.326 e. The second-order valence-corrected chi connectivity index (χ2v) is 7.18. The van der Waals surface area contributed by atoms with E-state index in [0.29, 0.717) is 12.0 Å². The number of benzene rings is 2. The number of hydrogen-bond acceptors (Lipinski definition) is 4. The lowest BCUT2D eigenvalue weighted by Crippen LogP contribution is -2.64. The molecule has 29 heavy (non-hydrogen) atoms. The number of hydrogen-bond donors (Lipinski definition) is 0. The van der Waals surface area contributed by atoms with E-state index in [0.717, 1.165) is 5.56 Å². The number of nitrogens with zero attached hydrogens (tertiary/aromatic N) is 4. The number of piperazine rings is 1. The molecule has 0 saturated carbocycles. The van der Waals surface area contributed by atoms with Gasteiger partial charge in [-0.15, -0.1) is 0 Å². The van der Waals surface area contributed by atoms with Crippen LogP contribution in [-0.4, -0.2) is 41.2 Å². The summed E-state index contributed by atoms with van der Waals surface area (Å²) in [5.74, 6) is -0.579. The highest BCUT2D eigenvalue weighted by Crippen LogP contribution is 2.32. The Morgan fingerprint density at radius 2 is 1.55 bits per heavy atom. The fourth-order valence-corrected chi connectivity index (χ4v) is 3.55. The second kappa shape index (κ2) is 7.61. The summed E-state index contributed by atoms with van der Waals surface area (Å²) in [5, 5.41) is 18.8. The summed E-state index contributed by atoms with van der Waals surface area (Å²) in [4.78, 5) is 29.2. The maximum absolute atomic E-state index is 13.3. The highest BCUT2D eigenvalue weighted by Gasteiger charge is 2.48. The Kier molecular flexibility index (Phi) is 5.21. The Bertz CT molecular complexity index is 1060. The first-order chi connectivity index (χ1) is 13.8. The van der Waals surface area contributed by atoms with Gasteiger partial charge in [0.15, 0.2) is 0 Å². The van der Waals surface area contributed by atoms with Gasteiger partial charge in [-0.25, -0.2) is 0 Å². The van der Waals surface area contributed by atoms with Crippen LogP contribution in [0.25, 0.3) is 6.08 Å².